The van der Waals surface area contributed by atoms with E-state index < -0.39 is 0 Å². The molecule has 0 saturated carbocycles. The van der Waals surface area contributed by atoms with E-state index in [2.05, 4.69) is 20.4 Å². The van der Waals surface area contributed by atoms with Crippen molar-refractivity contribution in [2.75, 3.05) is 12.4 Å². The first kappa shape index (κ1) is 16.0. The summed E-state index contributed by atoms with van der Waals surface area (Å²) in [5.74, 6) is 1.26. The maximum Gasteiger partial charge on any atom is 0.254 e. The number of halogens is 2. The summed E-state index contributed by atoms with van der Waals surface area (Å²) < 4.78 is 6.78. The van der Waals surface area contributed by atoms with E-state index in [1.165, 1.54) is 6.33 Å². The van der Waals surface area contributed by atoms with Crippen molar-refractivity contribution in [2.45, 2.75) is 19.6 Å². The van der Waals surface area contributed by atoms with Gasteiger partial charge in [-0.1, -0.05) is 35.3 Å². The molecule has 0 aliphatic carbocycles. The summed E-state index contributed by atoms with van der Waals surface area (Å²) in [6.07, 6.45) is 1.46. The van der Waals surface area contributed by atoms with Crippen LogP contribution in [0.15, 0.2) is 30.6 Å². The minimum atomic E-state index is -0.0774. The van der Waals surface area contributed by atoms with E-state index in [0.29, 0.717) is 22.4 Å². The van der Waals surface area contributed by atoms with Crippen molar-refractivity contribution in [3.8, 4) is 0 Å². The second kappa shape index (κ2) is 6.70. The highest BCUT2D eigenvalue weighted by molar-refractivity contribution is 6.42. The van der Waals surface area contributed by atoms with Crippen LogP contribution in [0.3, 0.4) is 0 Å². The van der Waals surface area contributed by atoms with E-state index in [0.717, 1.165) is 17.1 Å². The molecule has 0 aliphatic heterocycles. The number of hydrogen-bond donors (Lipinski definition) is 1. The third kappa shape index (κ3) is 3.24. The van der Waals surface area contributed by atoms with Crippen molar-refractivity contribution >= 4 is 34.8 Å². The van der Waals surface area contributed by atoms with E-state index >= 15 is 0 Å². The lowest BCUT2D eigenvalue weighted by atomic mass is 10.1. The van der Waals surface area contributed by atoms with Gasteiger partial charge in [0.15, 0.2) is 0 Å². The Morgan fingerprint density at radius 1 is 1.35 bits per heavy atom. The number of aromatic nitrogens is 4. The SMILES string of the molecule is COCc1cc(NC(C)c2cccc(Cl)c2Cl)n2ncnc2n1. The third-order valence-corrected chi connectivity index (χ3v) is 4.24. The van der Waals surface area contributed by atoms with E-state index in [1.807, 2.05) is 25.1 Å². The Labute approximate surface area is 143 Å². The van der Waals surface area contributed by atoms with E-state index in [-0.39, 0.29) is 6.04 Å². The topological polar surface area (TPSA) is 64.3 Å². The van der Waals surface area contributed by atoms with Crippen molar-refractivity contribution in [3.63, 3.8) is 0 Å². The Morgan fingerprint density at radius 3 is 2.96 bits per heavy atom. The predicted molar refractivity (Wildman–Crippen MR) is 90.0 cm³/mol. The summed E-state index contributed by atoms with van der Waals surface area (Å²) >= 11 is 12.4. The molecule has 1 atom stereocenters. The molecule has 1 aromatic carbocycles. The van der Waals surface area contributed by atoms with Gasteiger partial charge in [0.25, 0.3) is 5.78 Å². The summed E-state index contributed by atoms with van der Waals surface area (Å²) in [7, 11) is 1.62. The fraction of sp³-hybridized carbons (Fsp3) is 0.267. The van der Waals surface area contributed by atoms with Crippen molar-refractivity contribution < 1.29 is 4.74 Å². The van der Waals surface area contributed by atoms with Gasteiger partial charge in [-0.05, 0) is 18.6 Å². The second-order valence-corrected chi connectivity index (χ2v) is 5.83. The zero-order valence-electron chi connectivity index (χ0n) is 12.6. The molecule has 6 nitrogen and oxygen atoms in total. The molecule has 0 aliphatic rings. The van der Waals surface area contributed by atoms with Gasteiger partial charge >= 0.3 is 0 Å². The number of anilines is 1. The largest absolute Gasteiger partial charge is 0.378 e. The van der Waals surface area contributed by atoms with E-state index in [9.17, 15) is 0 Å². The Kier molecular flexibility index (Phi) is 4.66. The lowest BCUT2D eigenvalue weighted by molar-refractivity contribution is 0.181. The standard InChI is InChI=1S/C15H15Cl2N5O/c1-9(11-4-3-5-12(16)14(11)17)20-13-6-10(7-23-2)21-15-18-8-19-22(13)15/h3-6,8-9,20H,7H2,1-2H3. The van der Waals surface area contributed by atoms with Crippen molar-refractivity contribution in [1.29, 1.82) is 0 Å². The number of nitrogens with zero attached hydrogens (tertiary/aromatic N) is 4. The maximum absolute atomic E-state index is 6.29. The Balaban J connectivity index is 1.96. The van der Waals surface area contributed by atoms with Crippen molar-refractivity contribution in [1.82, 2.24) is 19.6 Å². The lowest BCUT2D eigenvalue weighted by Crippen LogP contribution is -2.12. The van der Waals surface area contributed by atoms with Gasteiger partial charge in [-0.15, -0.1) is 0 Å². The van der Waals surface area contributed by atoms with Gasteiger partial charge < -0.3 is 10.1 Å². The van der Waals surface area contributed by atoms with Crippen molar-refractivity contribution in [2.24, 2.45) is 0 Å². The smallest absolute Gasteiger partial charge is 0.254 e. The number of nitrogens with one attached hydrogen (secondary N) is 1. The summed E-state index contributed by atoms with van der Waals surface area (Å²) in [5.41, 5.74) is 1.66. The molecule has 2 aromatic heterocycles. The van der Waals surface area contributed by atoms with Gasteiger partial charge in [-0.3, -0.25) is 0 Å². The first-order valence-electron chi connectivity index (χ1n) is 6.99. The fourth-order valence-corrected chi connectivity index (χ4v) is 2.81. The maximum atomic E-state index is 6.29. The average Bonchev–Trinajstić information content (AvgIpc) is 2.99. The summed E-state index contributed by atoms with van der Waals surface area (Å²) in [4.78, 5) is 8.51. The number of hydrogen-bond acceptors (Lipinski definition) is 5. The molecule has 3 aromatic rings. The number of benzene rings is 1. The Morgan fingerprint density at radius 2 is 2.17 bits per heavy atom. The van der Waals surface area contributed by atoms with Crippen LogP contribution in [-0.2, 0) is 11.3 Å². The second-order valence-electron chi connectivity index (χ2n) is 5.05. The molecule has 8 heteroatoms. The number of fused-ring (bicyclic) bond motifs is 1. The molecule has 0 bridgehead atoms. The predicted octanol–water partition coefficient (Wildman–Crippen LogP) is 3.75. The van der Waals surface area contributed by atoms with Crippen LogP contribution >= 0.6 is 23.2 Å². The molecular formula is C15H15Cl2N5O. The zero-order valence-corrected chi connectivity index (χ0v) is 14.1. The number of ether oxygens (including phenoxy) is 1. The molecule has 2 heterocycles. The third-order valence-electron chi connectivity index (χ3n) is 3.41. The van der Waals surface area contributed by atoms with Crippen LogP contribution < -0.4 is 5.32 Å². The first-order chi connectivity index (χ1) is 11.1. The van der Waals surface area contributed by atoms with Crippen molar-refractivity contribution in [3.05, 3.63) is 51.9 Å². The minimum absolute atomic E-state index is 0.0774. The summed E-state index contributed by atoms with van der Waals surface area (Å²) in [5, 5.41) is 8.63. The highest BCUT2D eigenvalue weighted by Gasteiger charge is 2.15. The van der Waals surface area contributed by atoms with Gasteiger partial charge in [0.05, 0.1) is 28.4 Å². The molecule has 23 heavy (non-hydrogen) atoms. The first-order valence-corrected chi connectivity index (χ1v) is 7.74. The van der Waals surface area contributed by atoms with Crippen LogP contribution in [-0.4, -0.2) is 26.7 Å². The highest BCUT2D eigenvalue weighted by Crippen LogP contribution is 2.31. The van der Waals surface area contributed by atoms with Crippen LogP contribution in [0.4, 0.5) is 5.82 Å². The van der Waals surface area contributed by atoms with Crippen LogP contribution in [0.5, 0.6) is 0 Å². The quantitative estimate of drug-likeness (QED) is 0.758. The number of methoxy groups -OCH3 is 1. The highest BCUT2D eigenvalue weighted by atomic mass is 35.5. The van der Waals surface area contributed by atoms with Gasteiger partial charge in [0, 0.05) is 13.2 Å². The van der Waals surface area contributed by atoms with Gasteiger partial charge in [0.1, 0.15) is 12.1 Å². The molecule has 0 fully saturated rings. The molecule has 3 rings (SSSR count). The molecule has 0 saturated heterocycles. The van der Waals surface area contributed by atoms with Gasteiger partial charge in [-0.2, -0.15) is 14.6 Å². The van der Waals surface area contributed by atoms with Crippen LogP contribution in [0.25, 0.3) is 5.78 Å². The van der Waals surface area contributed by atoms with Crippen LogP contribution in [0, 0.1) is 0 Å². The molecule has 1 unspecified atom stereocenters. The van der Waals surface area contributed by atoms with Gasteiger partial charge in [-0.25, -0.2) is 4.98 Å². The zero-order chi connectivity index (χ0) is 16.4. The monoisotopic (exact) mass is 351 g/mol. The molecule has 1 N–H and O–H groups in total. The normalized spacial score (nSPS) is 12.5. The van der Waals surface area contributed by atoms with E-state index in [1.54, 1.807) is 17.7 Å². The van der Waals surface area contributed by atoms with Crippen LogP contribution in [0.1, 0.15) is 24.2 Å². The molecular weight excluding hydrogens is 337 g/mol. The van der Waals surface area contributed by atoms with E-state index in [4.69, 9.17) is 27.9 Å². The number of rotatable bonds is 5. The summed E-state index contributed by atoms with van der Waals surface area (Å²) in [6.45, 7) is 2.39. The Hall–Kier alpha value is -1.89. The Bertz CT molecular complexity index is 836. The molecule has 0 amide bonds. The average molecular weight is 352 g/mol. The van der Waals surface area contributed by atoms with Gasteiger partial charge in [0.2, 0.25) is 0 Å². The lowest BCUT2D eigenvalue weighted by Gasteiger charge is -2.18. The molecule has 120 valence electrons. The molecule has 0 spiro atoms. The minimum Gasteiger partial charge on any atom is -0.378 e. The summed E-state index contributed by atoms with van der Waals surface area (Å²) in [6, 6.07) is 7.36. The van der Waals surface area contributed by atoms with Crippen LogP contribution in [0.2, 0.25) is 10.0 Å². The molecule has 0 radical (unpaired) electrons. The fourth-order valence-electron chi connectivity index (χ4n) is 2.34.